The molecule has 0 aliphatic carbocycles. The first kappa shape index (κ1) is 19.5. The minimum absolute atomic E-state index is 0.0990. The Morgan fingerprint density at radius 2 is 1.88 bits per heavy atom. The Morgan fingerprint density at radius 1 is 1.21 bits per heavy atom. The summed E-state index contributed by atoms with van der Waals surface area (Å²) in [4.78, 5) is 12.1. The number of benzene rings is 1. The molecule has 1 rings (SSSR count). The molecule has 130 valence electrons. The monoisotopic (exact) mass is 332 g/mol. The van der Waals surface area contributed by atoms with Crippen molar-refractivity contribution in [2.24, 2.45) is 20.7 Å². The molecular weight excluding hydrogens is 307 g/mol. The molecule has 0 saturated heterocycles. The molecular formula is C18H25FN4O. The van der Waals surface area contributed by atoms with Gasteiger partial charge in [0.2, 0.25) is 0 Å². The van der Waals surface area contributed by atoms with E-state index in [-0.39, 0.29) is 11.7 Å². The van der Waals surface area contributed by atoms with Crippen LogP contribution in [0.5, 0.6) is 5.75 Å². The van der Waals surface area contributed by atoms with E-state index in [4.69, 9.17) is 10.5 Å². The number of aliphatic imine (C=N–C) groups is 3. The highest BCUT2D eigenvalue weighted by Gasteiger charge is 2.19. The van der Waals surface area contributed by atoms with E-state index in [1.165, 1.54) is 12.6 Å². The van der Waals surface area contributed by atoms with Gasteiger partial charge in [0.05, 0.1) is 11.4 Å². The van der Waals surface area contributed by atoms with Gasteiger partial charge in [0, 0.05) is 37.1 Å². The molecule has 0 aromatic heterocycles. The molecule has 0 heterocycles. The molecule has 1 aromatic rings. The van der Waals surface area contributed by atoms with E-state index in [9.17, 15) is 0 Å². The smallest absolute Gasteiger partial charge is 0.176 e. The zero-order chi connectivity index (χ0) is 18.3. The van der Waals surface area contributed by atoms with Crippen LogP contribution in [0.1, 0.15) is 44.7 Å². The average molecular weight is 332 g/mol. The number of halogens is 1. The fraction of sp³-hybridized carbons (Fsp3) is 0.389. The van der Waals surface area contributed by atoms with Crippen molar-refractivity contribution in [1.82, 2.24) is 0 Å². The SMILES string of the molecule is C\N=C/C(=N\C(C)=C(/C)N)c1ccc(C(C)C)c(O/C=N/C)c1F. The topological polar surface area (TPSA) is 72.3 Å². The number of nitrogens with two attached hydrogens (primary N) is 1. The molecule has 0 atom stereocenters. The van der Waals surface area contributed by atoms with Crippen molar-refractivity contribution in [3.05, 3.63) is 40.5 Å². The van der Waals surface area contributed by atoms with E-state index in [1.54, 1.807) is 34.0 Å². The Balaban J connectivity index is 3.59. The van der Waals surface area contributed by atoms with Crippen LogP contribution in [0.25, 0.3) is 0 Å². The van der Waals surface area contributed by atoms with Crippen LogP contribution < -0.4 is 10.5 Å². The van der Waals surface area contributed by atoms with Gasteiger partial charge in [-0.25, -0.2) is 9.38 Å². The Morgan fingerprint density at radius 3 is 2.38 bits per heavy atom. The molecule has 1 aromatic carbocycles. The summed E-state index contributed by atoms with van der Waals surface area (Å²) in [5, 5.41) is 0. The van der Waals surface area contributed by atoms with Crippen LogP contribution in [0.3, 0.4) is 0 Å². The number of nitrogens with zero attached hydrogens (tertiary/aromatic N) is 3. The van der Waals surface area contributed by atoms with Gasteiger partial charge in [-0.2, -0.15) is 0 Å². The minimum atomic E-state index is -0.498. The number of rotatable bonds is 6. The Hall–Kier alpha value is -2.50. The molecule has 6 heteroatoms. The fourth-order valence-electron chi connectivity index (χ4n) is 2.00. The minimum Gasteiger partial charge on any atom is -0.443 e. The second-order valence-corrected chi connectivity index (χ2v) is 5.63. The summed E-state index contributed by atoms with van der Waals surface area (Å²) >= 11 is 0. The lowest BCUT2D eigenvalue weighted by Gasteiger charge is -2.15. The third-order valence-corrected chi connectivity index (χ3v) is 3.41. The number of allylic oxidation sites excluding steroid dienone is 2. The van der Waals surface area contributed by atoms with E-state index in [0.29, 0.717) is 22.7 Å². The highest BCUT2D eigenvalue weighted by Crippen LogP contribution is 2.31. The van der Waals surface area contributed by atoms with E-state index in [2.05, 4.69) is 15.0 Å². The standard InChI is InChI=1S/C18H25FN4O/c1-11(2)14-7-8-15(17(19)18(14)24-10-22-6)16(9-21-5)23-13(4)12(3)20/h7-11H,20H2,1-6H3/b13-12+,21-9-,22-10+,23-16+. The van der Waals surface area contributed by atoms with Crippen LogP contribution >= 0.6 is 0 Å². The van der Waals surface area contributed by atoms with Gasteiger partial charge in [0.25, 0.3) is 0 Å². The first-order chi connectivity index (χ1) is 11.3. The van der Waals surface area contributed by atoms with E-state index < -0.39 is 5.82 Å². The summed E-state index contributed by atoms with van der Waals surface area (Å²) in [6.45, 7) is 7.44. The van der Waals surface area contributed by atoms with Gasteiger partial charge in [-0.1, -0.05) is 19.9 Å². The Labute approximate surface area is 142 Å². The molecule has 5 nitrogen and oxygen atoms in total. The molecule has 0 amide bonds. The molecule has 2 N–H and O–H groups in total. The molecule has 0 bridgehead atoms. The lowest BCUT2D eigenvalue weighted by atomic mass is 9.98. The van der Waals surface area contributed by atoms with Gasteiger partial charge in [0.1, 0.15) is 0 Å². The molecule has 0 saturated carbocycles. The summed E-state index contributed by atoms with van der Waals surface area (Å²) in [6.07, 6.45) is 2.71. The third kappa shape index (κ3) is 4.75. The Bertz CT molecular complexity index is 699. The summed E-state index contributed by atoms with van der Waals surface area (Å²) in [5.41, 5.74) is 8.35. The van der Waals surface area contributed by atoms with Crippen LogP contribution in [-0.4, -0.2) is 32.4 Å². The highest BCUT2D eigenvalue weighted by molar-refractivity contribution is 6.38. The van der Waals surface area contributed by atoms with E-state index >= 15 is 4.39 Å². The van der Waals surface area contributed by atoms with Crippen molar-refractivity contribution < 1.29 is 9.13 Å². The molecule has 0 radical (unpaired) electrons. The van der Waals surface area contributed by atoms with E-state index in [1.807, 2.05) is 19.9 Å². The molecule has 24 heavy (non-hydrogen) atoms. The van der Waals surface area contributed by atoms with Crippen molar-refractivity contribution in [1.29, 1.82) is 0 Å². The first-order valence-corrected chi connectivity index (χ1v) is 7.67. The number of hydrogen-bond donors (Lipinski definition) is 1. The average Bonchev–Trinajstić information content (AvgIpc) is 2.52. The third-order valence-electron chi connectivity index (χ3n) is 3.41. The van der Waals surface area contributed by atoms with Gasteiger partial charge in [-0.05, 0) is 25.8 Å². The second-order valence-electron chi connectivity index (χ2n) is 5.63. The summed E-state index contributed by atoms with van der Waals surface area (Å²) in [7, 11) is 3.16. The predicted octanol–water partition coefficient (Wildman–Crippen LogP) is 3.69. The molecule has 0 aliphatic heterocycles. The van der Waals surface area contributed by atoms with Crippen LogP contribution in [-0.2, 0) is 0 Å². The Kier molecular flexibility index (Phi) is 7.30. The van der Waals surface area contributed by atoms with Crippen LogP contribution in [0, 0.1) is 5.82 Å². The number of ether oxygens (including phenoxy) is 1. The van der Waals surface area contributed by atoms with Crippen LogP contribution in [0.4, 0.5) is 4.39 Å². The molecule has 0 unspecified atom stereocenters. The summed E-state index contributed by atoms with van der Waals surface area (Å²) < 4.78 is 20.5. The zero-order valence-corrected chi connectivity index (χ0v) is 15.1. The first-order valence-electron chi connectivity index (χ1n) is 7.67. The maximum atomic E-state index is 15.1. The van der Waals surface area contributed by atoms with Gasteiger partial charge < -0.3 is 10.5 Å². The maximum Gasteiger partial charge on any atom is 0.176 e. The summed E-state index contributed by atoms with van der Waals surface area (Å²) in [6, 6.07) is 3.51. The predicted molar refractivity (Wildman–Crippen MR) is 99.0 cm³/mol. The van der Waals surface area contributed by atoms with Crippen molar-refractivity contribution >= 4 is 18.3 Å². The summed E-state index contributed by atoms with van der Waals surface area (Å²) in [5.74, 6) is -0.249. The molecule has 0 fully saturated rings. The largest absolute Gasteiger partial charge is 0.443 e. The zero-order valence-electron chi connectivity index (χ0n) is 15.1. The lowest BCUT2D eigenvalue weighted by Crippen LogP contribution is -2.10. The number of hydrogen-bond acceptors (Lipinski definition) is 5. The van der Waals surface area contributed by atoms with Gasteiger partial charge >= 0.3 is 0 Å². The van der Waals surface area contributed by atoms with Crippen molar-refractivity contribution in [3.63, 3.8) is 0 Å². The highest BCUT2D eigenvalue weighted by atomic mass is 19.1. The van der Waals surface area contributed by atoms with Gasteiger partial charge in [-0.3, -0.25) is 9.98 Å². The quantitative estimate of drug-likeness (QED) is 0.637. The van der Waals surface area contributed by atoms with Crippen molar-refractivity contribution in [2.45, 2.75) is 33.6 Å². The normalized spacial score (nSPS) is 13.9. The van der Waals surface area contributed by atoms with E-state index in [0.717, 1.165) is 5.56 Å². The fourth-order valence-corrected chi connectivity index (χ4v) is 2.00. The van der Waals surface area contributed by atoms with Gasteiger partial charge in [-0.15, -0.1) is 0 Å². The van der Waals surface area contributed by atoms with Crippen molar-refractivity contribution in [3.8, 4) is 5.75 Å². The van der Waals surface area contributed by atoms with Crippen LogP contribution in [0.15, 0.2) is 38.5 Å². The maximum absolute atomic E-state index is 15.1. The van der Waals surface area contributed by atoms with Gasteiger partial charge in [0.15, 0.2) is 18.0 Å². The molecule has 0 spiro atoms. The van der Waals surface area contributed by atoms with Crippen LogP contribution in [0.2, 0.25) is 0 Å². The van der Waals surface area contributed by atoms with Crippen molar-refractivity contribution in [2.75, 3.05) is 14.1 Å². The second kappa shape index (κ2) is 8.96. The molecule has 0 aliphatic rings. The lowest BCUT2D eigenvalue weighted by molar-refractivity contribution is 0.493.